The fraction of sp³-hybridized carbons (Fsp3) is 0.562. The molecule has 1 amide bonds. The summed E-state index contributed by atoms with van der Waals surface area (Å²) in [6.45, 7) is 1.03. The topological polar surface area (TPSA) is 158 Å². The van der Waals surface area contributed by atoms with Crippen LogP contribution in [-0.4, -0.2) is 65.3 Å². The van der Waals surface area contributed by atoms with Gasteiger partial charge >= 0.3 is 19.4 Å². The van der Waals surface area contributed by atoms with E-state index in [1.165, 1.54) is 20.2 Å². The summed E-state index contributed by atoms with van der Waals surface area (Å²) in [7, 11) is -2.70. The Hall–Kier alpha value is -2.42. The van der Waals surface area contributed by atoms with Crippen LogP contribution in [0.2, 0.25) is 0 Å². The quantitative estimate of drug-likeness (QED) is 0.361. The minimum atomic E-state index is -4.00. The van der Waals surface area contributed by atoms with Gasteiger partial charge in [-0.3, -0.25) is 23.4 Å². The van der Waals surface area contributed by atoms with Crippen molar-refractivity contribution in [3.63, 3.8) is 0 Å². The van der Waals surface area contributed by atoms with E-state index in [1.54, 1.807) is 0 Å². The maximum absolute atomic E-state index is 12.1. The molecule has 0 aromatic carbocycles. The van der Waals surface area contributed by atoms with Crippen molar-refractivity contribution in [3.05, 3.63) is 33.1 Å². The molecule has 12 nitrogen and oxygen atoms in total. The first-order valence-corrected chi connectivity index (χ1v) is 10.3. The molecule has 29 heavy (non-hydrogen) atoms. The van der Waals surface area contributed by atoms with Crippen LogP contribution in [0.3, 0.4) is 0 Å². The van der Waals surface area contributed by atoms with Crippen LogP contribution in [0.1, 0.15) is 13.2 Å². The SMILES string of the molecule is C#CCNC(=O)OC[C@H]1O[C@@H](n2ccc(=O)[nH]c2=O)C(OC)[C@H]1OP(=O)(O)CC. The van der Waals surface area contributed by atoms with E-state index in [2.05, 4.69) is 16.2 Å². The van der Waals surface area contributed by atoms with Crippen LogP contribution in [0.25, 0.3) is 0 Å². The lowest BCUT2D eigenvalue weighted by Gasteiger charge is -2.25. The van der Waals surface area contributed by atoms with Crippen molar-refractivity contribution < 1.29 is 33.0 Å². The van der Waals surface area contributed by atoms with Crippen molar-refractivity contribution in [2.75, 3.05) is 26.4 Å². The summed E-state index contributed by atoms with van der Waals surface area (Å²) < 4.78 is 34.6. The minimum absolute atomic E-state index is 0.0535. The van der Waals surface area contributed by atoms with Crippen LogP contribution >= 0.6 is 7.60 Å². The van der Waals surface area contributed by atoms with E-state index < -0.39 is 49.5 Å². The Morgan fingerprint density at radius 1 is 1.48 bits per heavy atom. The minimum Gasteiger partial charge on any atom is -0.447 e. The highest BCUT2D eigenvalue weighted by atomic mass is 31.2. The Balaban J connectivity index is 2.29. The number of hydrogen-bond acceptors (Lipinski definition) is 8. The third-order valence-corrected chi connectivity index (χ3v) is 5.45. The van der Waals surface area contributed by atoms with Crippen molar-refractivity contribution in [2.45, 2.75) is 31.5 Å². The van der Waals surface area contributed by atoms with Crippen LogP contribution in [-0.2, 0) is 23.3 Å². The molecule has 0 aliphatic carbocycles. The summed E-state index contributed by atoms with van der Waals surface area (Å²) in [6.07, 6.45) is 0.891. The summed E-state index contributed by atoms with van der Waals surface area (Å²) in [6, 6.07) is 1.10. The van der Waals surface area contributed by atoms with Gasteiger partial charge in [-0.1, -0.05) is 12.8 Å². The zero-order chi connectivity index (χ0) is 21.6. The predicted molar refractivity (Wildman–Crippen MR) is 99.5 cm³/mol. The monoisotopic (exact) mass is 431 g/mol. The van der Waals surface area contributed by atoms with Gasteiger partial charge in [-0.25, -0.2) is 9.59 Å². The molecule has 3 N–H and O–H groups in total. The Labute approximate surface area is 165 Å². The van der Waals surface area contributed by atoms with Crippen LogP contribution in [0.5, 0.6) is 0 Å². The first-order valence-electron chi connectivity index (χ1n) is 8.56. The van der Waals surface area contributed by atoms with Crippen molar-refractivity contribution >= 4 is 13.7 Å². The molecule has 0 radical (unpaired) electrons. The molecule has 0 bridgehead atoms. The summed E-state index contributed by atoms with van der Waals surface area (Å²) in [5.41, 5.74) is -1.39. The van der Waals surface area contributed by atoms with Crippen LogP contribution in [0, 0.1) is 12.3 Å². The lowest BCUT2D eigenvalue weighted by molar-refractivity contribution is -0.0637. The number of aromatic amines is 1. The van der Waals surface area contributed by atoms with E-state index in [9.17, 15) is 23.8 Å². The first-order chi connectivity index (χ1) is 13.7. The van der Waals surface area contributed by atoms with Crippen molar-refractivity contribution in [2.24, 2.45) is 0 Å². The molecular weight excluding hydrogens is 409 g/mol. The second-order valence-electron chi connectivity index (χ2n) is 5.96. The number of hydrogen-bond donors (Lipinski definition) is 3. The molecule has 160 valence electrons. The van der Waals surface area contributed by atoms with E-state index in [-0.39, 0.29) is 19.3 Å². The molecule has 1 aromatic heterocycles. The van der Waals surface area contributed by atoms with Gasteiger partial charge in [-0.15, -0.1) is 6.42 Å². The lowest BCUT2D eigenvalue weighted by atomic mass is 10.1. The number of terminal acetylenes is 1. The number of carbonyl (C=O) groups excluding carboxylic acids is 1. The third kappa shape index (κ3) is 5.79. The Kier molecular flexibility index (Phi) is 7.78. The fourth-order valence-corrected chi connectivity index (χ4v) is 3.45. The number of nitrogens with zero attached hydrogens (tertiary/aromatic N) is 1. The highest BCUT2D eigenvalue weighted by Gasteiger charge is 2.50. The number of nitrogens with one attached hydrogen (secondary N) is 2. The highest BCUT2D eigenvalue weighted by Crippen LogP contribution is 2.47. The van der Waals surface area contributed by atoms with E-state index in [1.807, 2.05) is 0 Å². The largest absolute Gasteiger partial charge is 0.447 e. The van der Waals surface area contributed by atoms with Crippen molar-refractivity contribution in [1.82, 2.24) is 14.9 Å². The zero-order valence-corrected chi connectivity index (χ0v) is 16.7. The number of H-pyrrole nitrogens is 1. The normalized spacial score (nSPS) is 25.7. The summed E-state index contributed by atoms with van der Waals surface area (Å²) in [4.78, 5) is 47.1. The molecule has 1 saturated heterocycles. The smallest absolute Gasteiger partial charge is 0.407 e. The molecule has 5 atom stereocenters. The lowest BCUT2D eigenvalue weighted by Crippen LogP contribution is -2.40. The molecule has 2 unspecified atom stereocenters. The summed E-state index contributed by atoms with van der Waals surface area (Å²) in [5, 5.41) is 2.29. The van der Waals surface area contributed by atoms with Crippen LogP contribution < -0.4 is 16.6 Å². The standard InChI is InChI=1S/C16H22N3O9P/c1-4-7-17-16(22)26-9-10-12(28-29(23,24)5-2)13(25-3)14(27-10)19-8-6-11(20)18-15(19)21/h1,6,8,10,12-14H,5,7,9H2,2-3H3,(H,17,22)(H,23,24)(H,18,20,21)/t10-,12+,13?,14-/m1/s1. The number of ether oxygens (including phenoxy) is 3. The van der Waals surface area contributed by atoms with Gasteiger partial charge in [0.1, 0.15) is 24.9 Å². The average Bonchev–Trinajstić information content (AvgIpc) is 3.01. The van der Waals surface area contributed by atoms with Gasteiger partial charge in [-0.05, 0) is 0 Å². The molecule has 2 rings (SSSR count). The molecule has 0 saturated carbocycles. The molecule has 1 aliphatic rings. The number of carbonyl (C=O) groups is 1. The fourth-order valence-electron chi connectivity index (χ4n) is 2.67. The Morgan fingerprint density at radius 3 is 2.79 bits per heavy atom. The van der Waals surface area contributed by atoms with Gasteiger partial charge in [-0.2, -0.15) is 0 Å². The molecular formula is C16H22N3O9P. The first kappa shape index (κ1) is 22.9. The van der Waals surface area contributed by atoms with Crippen LogP contribution in [0.4, 0.5) is 4.79 Å². The second-order valence-corrected chi connectivity index (χ2v) is 8.08. The molecule has 1 aliphatic heterocycles. The van der Waals surface area contributed by atoms with E-state index >= 15 is 0 Å². The van der Waals surface area contributed by atoms with Gasteiger partial charge in [0.2, 0.25) is 0 Å². The number of aromatic nitrogens is 2. The van der Waals surface area contributed by atoms with Gasteiger partial charge < -0.3 is 24.4 Å². The van der Waals surface area contributed by atoms with E-state index in [0.29, 0.717) is 0 Å². The predicted octanol–water partition coefficient (Wildman–Crippen LogP) is -0.601. The van der Waals surface area contributed by atoms with E-state index in [4.69, 9.17) is 25.2 Å². The number of amides is 1. The second kappa shape index (κ2) is 9.87. The summed E-state index contributed by atoms with van der Waals surface area (Å²) >= 11 is 0. The van der Waals surface area contributed by atoms with Gasteiger partial charge in [0, 0.05) is 25.5 Å². The maximum atomic E-state index is 12.1. The molecule has 0 spiro atoms. The van der Waals surface area contributed by atoms with Gasteiger partial charge in [0.15, 0.2) is 6.23 Å². The van der Waals surface area contributed by atoms with Crippen molar-refractivity contribution in [3.8, 4) is 12.3 Å². The maximum Gasteiger partial charge on any atom is 0.407 e. The summed E-state index contributed by atoms with van der Waals surface area (Å²) in [5.74, 6) is 2.20. The van der Waals surface area contributed by atoms with Crippen molar-refractivity contribution in [1.29, 1.82) is 0 Å². The molecule has 2 heterocycles. The Morgan fingerprint density at radius 2 is 2.21 bits per heavy atom. The number of alkyl carbamates (subject to hydrolysis) is 1. The van der Waals surface area contributed by atoms with Gasteiger partial charge in [0.25, 0.3) is 5.56 Å². The van der Waals surface area contributed by atoms with E-state index in [0.717, 1.165) is 10.6 Å². The number of methoxy groups -OCH3 is 1. The third-order valence-electron chi connectivity index (χ3n) is 4.08. The highest BCUT2D eigenvalue weighted by molar-refractivity contribution is 7.52. The number of rotatable bonds is 8. The zero-order valence-electron chi connectivity index (χ0n) is 15.8. The van der Waals surface area contributed by atoms with Crippen LogP contribution in [0.15, 0.2) is 21.9 Å². The molecule has 1 fully saturated rings. The average molecular weight is 431 g/mol. The van der Waals surface area contributed by atoms with Gasteiger partial charge in [0.05, 0.1) is 6.54 Å². The molecule has 1 aromatic rings. The Bertz CT molecular complexity index is 921. The molecule has 13 heteroatoms.